The molecule has 14 heavy (non-hydrogen) atoms. The lowest BCUT2D eigenvalue weighted by Crippen LogP contribution is -2.40. The Morgan fingerprint density at radius 2 is 2.21 bits per heavy atom. The van der Waals surface area contributed by atoms with E-state index in [0.717, 1.165) is 11.8 Å². The predicted octanol–water partition coefficient (Wildman–Crippen LogP) is 1.62. The van der Waals surface area contributed by atoms with Crippen LogP contribution in [0.1, 0.15) is 33.1 Å². The van der Waals surface area contributed by atoms with E-state index in [4.69, 9.17) is 0 Å². The van der Waals surface area contributed by atoms with E-state index in [1.54, 1.807) is 0 Å². The standard InChI is InChI=1S/C12H24N2/c1-10(2)12(5-6-13-8-12)9-14-7-11-3-4-11/h10-11,13-14H,3-9H2,1-2H3. The lowest BCUT2D eigenvalue weighted by atomic mass is 9.76. The zero-order valence-electron chi connectivity index (χ0n) is 9.60. The van der Waals surface area contributed by atoms with Crippen LogP contribution in [0.25, 0.3) is 0 Å². The van der Waals surface area contributed by atoms with Gasteiger partial charge in [0.25, 0.3) is 0 Å². The van der Waals surface area contributed by atoms with Gasteiger partial charge in [0.2, 0.25) is 0 Å². The van der Waals surface area contributed by atoms with Crippen molar-refractivity contribution in [3.8, 4) is 0 Å². The zero-order valence-corrected chi connectivity index (χ0v) is 9.60. The van der Waals surface area contributed by atoms with Crippen molar-refractivity contribution >= 4 is 0 Å². The Bertz CT molecular complexity index is 179. The van der Waals surface area contributed by atoms with E-state index in [-0.39, 0.29) is 0 Å². The maximum Gasteiger partial charge on any atom is 0.00230 e. The van der Waals surface area contributed by atoms with Gasteiger partial charge >= 0.3 is 0 Å². The lowest BCUT2D eigenvalue weighted by molar-refractivity contribution is 0.208. The fourth-order valence-corrected chi connectivity index (χ4v) is 2.46. The van der Waals surface area contributed by atoms with Gasteiger partial charge in [-0.1, -0.05) is 13.8 Å². The fraction of sp³-hybridized carbons (Fsp3) is 1.00. The van der Waals surface area contributed by atoms with Crippen molar-refractivity contribution in [2.24, 2.45) is 17.3 Å². The molecule has 0 aromatic carbocycles. The molecule has 1 atom stereocenters. The van der Waals surface area contributed by atoms with Gasteiger partial charge in [-0.25, -0.2) is 0 Å². The third-order valence-corrected chi connectivity index (χ3v) is 4.11. The molecule has 2 aliphatic rings. The first-order valence-electron chi connectivity index (χ1n) is 6.14. The summed E-state index contributed by atoms with van der Waals surface area (Å²) in [5.74, 6) is 1.80. The summed E-state index contributed by atoms with van der Waals surface area (Å²) in [6.45, 7) is 9.63. The van der Waals surface area contributed by atoms with E-state index >= 15 is 0 Å². The third kappa shape index (κ3) is 2.29. The van der Waals surface area contributed by atoms with Gasteiger partial charge in [-0.3, -0.25) is 0 Å². The molecular formula is C12H24N2. The van der Waals surface area contributed by atoms with E-state index in [1.165, 1.54) is 45.4 Å². The Morgan fingerprint density at radius 1 is 1.43 bits per heavy atom. The molecule has 0 aromatic heterocycles. The maximum absolute atomic E-state index is 3.67. The van der Waals surface area contributed by atoms with E-state index in [1.807, 2.05) is 0 Å². The molecular weight excluding hydrogens is 172 g/mol. The van der Waals surface area contributed by atoms with Crippen LogP contribution in [-0.4, -0.2) is 26.2 Å². The molecule has 1 saturated carbocycles. The first-order valence-corrected chi connectivity index (χ1v) is 6.14. The summed E-state index contributed by atoms with van der Waals surface area (Å²) < 4.78 is 0. The minimum atomic E-state index is 0.537. The highest BCUT2D eigenvalue weighted by Crippen LogP contribution is 2.34. The first-order chi connectivity index (χ1) is 6.73. The summed E-state index contributed by atoms with van der Waals surface area (Å²) in [5, 5.41) is 7.18. The van der Waals surface area contributed by atoms with Crippen LogP contribution in [0.3, 0.4) is 0 Å². The molecule has 2 heteroatoms. The van der Waals surface area contributed by atoms with Crippen molar-refractivity contribution in [1.82, 2.24) is 10.6 Å². The lowest BCUT2D eigenvalue weighted by Gasteiger charge is -2.33. The van der Waals surface area contributed by atoms with Crippen LogP contribution in [0, 0.1) is 17.3 Å². The molecule has 0 spiro atoms. The van der Waals surface area contributed by atoms with Crippen molar-refractivity contribution in [1.29, 1.82) is 0 Å². The second-order valence-corrected chi connectivity index (χ2v) is 5.52. The minimum Gasteiger partial charge on any atom is -0.316 e. The summed E-state index contributed by atoms with van der Waals surface area (Å²) in [6.07, 6.45) is 4.27. The van der Waals surface area contributed by atoms with Crippen LogP contribution >= 0.6 is 0 Å². The smallest absolute Gasteiger partial charge is 0.00230 e. The van der Waals surface area contributed by atoms with E-state index < -0.39 is 0 Å². The highest BCUT2D eigenvalue weighted by Gasteiger charge is 2.36. The zero-order chi connectivity index (χ0) is 10.0. The van der Waals surface area contributed by atoms with Crippen LogP contribution in [0.4, 0.5) is 0 Å². The van der Waals surface area contributed by atoms with Crippen molar-refractivity contribution in [3.63, 3.8) is 0 Å². The van der Waals surface area contributed by atoms with E-state index in [0.29, 0.717) is 5.41 Å². The average molecular weight is 196 g/mol. The topological polar surface area (TPSA) is 24.1 Å². The van der Waals surface area contributed by atoms with Crippen LogP contribution in [0.15, 0.2) is 0 Å². The highest BCUT2D eigenvalue weighted by molar-refractivity contribution is 4.92. The minimum absolute atomic E-state index is 0.537. The quantitative estimate of drug-likeness (QED) is 0.698. The number of hydrogen-bond acceptors (Lipinski definition) is 2. The van der Waals surface area contributed by atoms with Crippen molar-refractivity contribution < 1.29 is 0 Å². The van der Waals surface area contributed by atoms with Gasteiger partial charge < -0.3 is 10.6 Å². The van der Waals surface area contributed by atoms with Crippen LogP contribution in [0.2, 0.25) is 0 Å². The van der Waals surface area contributed by atoms with Gasteiger partial charge in [0.1, 0.15) is 0 Å². The van der Waals surface area contributed by atoms with Gasteiger partial charge in [-0.05, 0) is 49.6 Å². The molecule has 1 aliphatic carbocycles. The van der Waals surface area contributed by atoms with Gasteiger partial charge in [-0.15, -0.1) is 0 Å². The summed E-state index contributed by atoms with van der Waals surface area (Å²) >= 11 is 0. The van der Waals surface area contributed by atoms with Gasteiger partial charge in [-0.2, -0.15) is 0 Å². The number of rotatable bonds is 5. The average Bonchev–Trinajstić information content (AvgIpc) is 2.82. The first kappa shape index (κ1) is 10.4. The molecule has 2 fully saturated rings. The summed E-state index contributed by atoms with van der Waals surface area (Å²) in [5.41, 5.74) is 0.537. The molecule has 0 amide bonds. The van der Waals surface area contributed by atoms with Crippen LogP contribution in [0.5, 0.6) is 0 Å². The molecule has 2 rings (SSSR count). The Balaban J connectivity index is 1.77. The molecule has 82 valence electrons. The molecule has 1 aliphatic heterocycles. The number of nitrogens with one attached hydrogen (secondary N) is 2. The second-order valence-electron chi connectivity index (χ2n) is 5.52. The van der Waals surface area contributed by atoms with Crippen molar-refractivity contribution in [2.45, 2.75) is 33.1 Å². The van der Waals surface area contributed by atoms with E-state index in [9.17, 15) is 0 Å². The Morgan fingerprint density at radius 3 is 2.71 bits per heavy atom. The van der Waals surface area contributed by atoms with E-state index in [2.05, 4.69) is 24.5 Å². The number of hydrogen-bond donors (Lipinski definition) is 2. The second kappa shape index (κ2) is 4.19. The third-order valence-electron chi connectivity index (χ3n) is 4.11. The molecule has 2 nitrogen and oxygen atoms in total. The summed E-state index contributed by atoms with van der Waals surface area (Å²) in [6, 6.07) is 0. The summed E-state index contributed by atoms with van der Waals surface area (Å²) in [4.78, 5) is 0. The summed E-state index contributed by atoms with van der Waals surface area (Å²) in [7, 11) is 0. The SMILES string of the molecule is CC(C)C1(CNCC2CC2)CCNC1. The molecule has 0 radical (unpaired) electrons. The monoisotopic (exact) mass is 196 g/mol. The van der Waals surface area contributed by atoms with Crippen LogP contribution in [-0.2, 0) is 0 Å². The molecule has 0 bridgehead atoms. The molecule has 0 aromatic rings. The Labute approximate surface area is 87.8 Å². The molecule has 1 unspecified atom stereocenters. The maximum atomic E-state index is 3.67. The normalized spacial score (nSPS) is 32.8. The molecule has 1 heterocycles. The molecule has 2 N–H and O–H groups in total. The Hall–Kier alpha value is -0.0800. The van der Waals surface area contributed by atoms with Gasteiger partial charge in [0.15, 0.2) is 0 Å². The van der Waals surface area contributed by atoms with Crippen molar-refractivity contribution in [2.75, 3.05) is 26.2 Å². The highest BCUT2D eigenvalue weighted by atomic mass is 15.0. The Kier molecular flexibility index (Phi) is 3.13. The largest absolute Gasteiger partial charge is 0.316 e. The van der Waals surface area contributed by atoms with Crippen molar-refractivity contribution in [3.05, 3.63) is 0 Å². The fourth-order valence-electron chi connectivity index (χ4n) is 2.46. The molecule has 1 saturated heterocycles. The van der Waals surface area contributed by atoms with Gasteiger partial charge in [0, 0.05) is 13.1 Å². The predicted molar refractivity (Wildman–Crippen MR) is 60.4 cm³/mol. The van der Waals surface area contributed by atoms with Crippen LogP contribution < -0.4 is 10.6 Å². The van der Waals surface area contributed by atoms with Gasteiger partial charge in [0.05, 0.1) is 0 Å².